The Balaban J connectivity index is 2.49. The van der Waals surface area contributed by atoms with Crippen LogP contribution in [0, 0.1) is 24.0 Å². The van der Waals surface area contributed by atoms with Gasteiger partial charge in [0.25, 0.3) is 5.69 Å². The van der Waals surface area contributed by atoms with Crippen LogP contribution >= 0.6 is 0 Å². The average Bonchev–Trinajstić information content (AvgIpc) is 2.64. The minimum absolute atomic E-state index is 0.00729. The van der Waals surface area contributed by atoms with E-state index in [-0.39, 0.29) is 12.3 Å². The number of aromatic nitrogens is 1. The van der Waals surface area contributed by atoms with Crippen LogP contribution in [0.5, 0.6) is 0 Å². The van der Waals surface area contributed by atoms with Crippen molar-refractivity contribution in [1.82, 2.24) is 4.57 Å². The molecule has 0 amide bonds. The Morgan fingerprint density at radius 1 is 1.28 bits per heavy atom. The highest BCUT2D eigenvalue weighted by atomic mass is 16.6. The molecule has 0 aliphatic rings. The molecule has 0 aliphatic heterocycles. The van der Waals surface area contributed by atoms with Crippen LogP contribution < -0.4 is 0 Å². The fourth-order valence-electron chi connectivity index (χ4n) is 2.11. The molecule has 18 heavy (non-hydrogen) atoms. The van der Waals surface area contributed by atoms with Gasteiger partial charge in [-0.2, -0.15) is 0 Å². The smallest absolute Gasteiger partial charge is 0.269 e. The molecule has 0 atom stereocenters. The van der Waals surface area contributed by atoms with Crippen molar-refractivity contribution in [3.63, 3.8) is 0 Å². The van der Waals surface area contributed by atoms with E-state index in [4.69, 9.17) is 0 Å². The fourth-order valence-corrected chi connectivity index (χ4v) is 2.11. The van der Waals surface area contributed by atoms with Gasteiger partial charge in [0.05, 0.1) is 11.5 Å². The molecule has 94 valence electrons. The molecule has 1 heterocycles. The Hall–Kier alpha value is -2.14. The summed E-state index contributed by atoms with van der Waals surface area (Å²) in [4.78, 5) is 10.2. The first-order valence-electron chi connectivity index (χ1n) is 5.58. The van der Waals surface area contributed by atoms with E-state index in [1.54, 1.807) is 12.1 Å². The summed E-state index contributed by atoms with van der Waals surface area (Å²) in [5.74, 6) is 0. The molecule has 0 spiro atoms. The highest BCUT2D eigenvalue weighted by Gasteiger charge is 2.11. The van der Waals surface area contributed by atoms with Crippen LogP contribution in [0.4, 0.5) is 5.69 Å². The van der Waals surface area contributed by atoms with Crippen molar-refractivity contribution < 1.29 is 10.0 Å². The van der Waals surface area contributed by atoms with Gasteiger partial charge in [-0.05, 0) is 37.6 Å². The number of nitrogens with zero attached hydrogens (tertiary/aromatic N) is 2. The average molecular weight is 246 g/mol. The number of benzene rings is 1. The van der Waals surface area contributed by atoms with Crippen LogP contribution in [0.1, 0.15) is 17.0 Å². The van der Waals surface area contributed by atoms with Crippen LogP contribution in [-0.4, -0.2) is 14.6 Å². The van der Waals surface area contributed by atoms with E-state index in [9.17, 15) is 15.2 Å². The molecule has 0 fully saturated rings. The van der Waals surface area contributed by atoms with Gasteiger partial charge in [-0.15, -0.1) is 0 Å². The third-order valence-electron chi connectivity index (χ3n) is 3.03. The van der Waals surface area contributed by atoms with E-state index in [0.717, 1.165) is 22.6 Å². The Morgan fingerprint density at radius 2 is 1.89 bits per heavy atom. The summed E-state index contributed by atoms with van der Waals surface area (Å²) in [6.07, 6.45) is 0. The maximum absolute atomic E-state index is 10.6. The first kappa shape index (κ1) is 12.3. The van der Waals surface area contributed by atoms with Crippen LogP contribution in [0.3, 0.4) is 0 Å². The lowest BCUT2D eigenvalue weighted by molar-refractivity contribution is -0.384. The molecule has 1 aromatic heterocycles. The predicted octanol–water partition coefficient (Wildman–Crippen LogP) is 2.49. The standard InChI is InChI=1S/C13H14N2O3/c1-9-7-11(8-16)10(2)14(9)12-3-5-13(6-4-12)15(17)18/h3-7,16H,8H2,1-2H3. The number of hydrogen-bond donors (Lipinski definition) is 1. The molecule has 5 heteroatoms. The van der Waals surface area contributed by atoms with E-state index in [1.165, 1.54) is 12.1 Å². The first-order chi connectivity index (χ1) is 8.54. The van der Waals surface area contributed by atoms with Crippen molar-refractivity contribution >= 4 is 5.69 Å². The molecule has 1 aromatic carbocycles. The molecule has 0 saturated carbocycles. The van der Waals surface area contributed by atoms with Gasteiger partial charge in [-0.1, -0.05) is 0 Å². The monoisotopic (exact) mass is 246 g/mol. The number of rotatable bonds is 3. The van der Waals surface area contributed by atoms with E-state index < -0.39 is 4.92 Å². The molecule has 5 nitrogen and oxygen atoms in total. The van der Waals surface area contributed by atoms with Gasteiger partial charge in [-0.3, -0.25) is 10.1 Å². The normalized spacial score (nSPS) is 10.6. The number of aliphatic hydroxyl groups is 1. The first-order valence-corrected chi connectivity index (χ1v) is 5.58. The summed E-state index contributed by atoms with van der Waals surface area (Å²) in [6, 6.07) is 8.29. The summed E-state index contributed by atoms with van der Waals surface area (Å²) >= 11 is 0. The topological polar surface area (TPSA) is 68.3 Å². The second-order valence-corrected chi connectivity index (χ2v) is 4.16. The number of nitro benzene ring substituents is 1. The van der Waals surface area contributed by atoms with Crippen LogP contribution in [0.15, 0.2) is 30.3 Å². The molecule has 2 rings (SSSR count). The third kappa shape index (κ3) is 2.00. The number of nitro groups is 1. The Bertz CT molecular complexity index is 585. The van der Waals surface area contributed by atoms with E-state index >= 15 is 0 Å². The molecular formula is C13H14N2O3. The van der Waals surface area contributed by atoms with Crippen molar-refractivity contribution in [3.05, 3.63) is 57.4 Å². The molecule has 1 N–H and O–H groups in total. The fraction of sp³-hybridized carbons (Fsp3) is 0.231. The highest BCUT2D eigenvalue weighted by molar-refractivity contribution is 5.45. The van der Waals surface area contributed by atoms with Crippen LogP contribution in [0.2, 0.25) is 0 Å². The molecule has 0 radical (unpaired) electrons. The number of non-ortho nitro benzene ring substituents is 1. The zero-order valence-electron chi connectivity index (χ0n) is 10.3. The van der Waals surface area contributed by atoms with Gasteiger partial charge in [0.1, 0.15) is 0 Å². The Kier molecular flexibility index (Phi) is 3.16. The zero-order valence-corrected chi connectivity index (χ0v) is 10.3. The summed E-state index contributed by atoms with van der Waals surface area (Å²) in [5.41, 5.74) is 3.74. The van der Waals surface area contributed by atoms with Gasteiger partial charge in [0.2, 0.25) is 0 Å². The lowest BCUT2D eigenvalue weighted by Crippen LogP contribution is -2.00. The number of aryl methyl sites for hydroxylation is 1. The molecular weight excluding hydrogens is 232 g/mol. The predicted molar refractivity (Wildman–Crippen MR) is 67.8 cm³/mol. The third-order valence-corrected chi connectivity index (χ3v) is 3.03. The quantitative estimate of drug-likeness (QED) is 0.668. The van der Waals surface area contributed by atoms with Gasteiger partial charge < -0.3 is 9.67 Å². The van der Waals surface area contributed by atoms with Gasteiger partial charge >= 0.3 is 0 Å². The summed E-state index contributed by atoms with van der Waals surface area (Å²) in [7, 11) is 0. The van der Waals surface area contributed by atoms with Crippen molar-refractivity contribution in [2.45, 2.75) is 20.5 Å². The minimum Gasteiger partial charge on any atom is -0.392 e. The lowest BCUT2D eigenvalue weighted by atomic mass is 10.2. The molecule has 0 saturated heterocycles. The summed E-state index contributed by atoms with van der Waals surface area (Å²) < 4.78 is 1.97. The summed E-state index contributed by atoms with van der Waals surface area (Å²) in [6.45, 7) is 3.85. The second-order valence-electron chi connectivity index (χ2n) is 4.16. The Morgan fingerprint density at radius 3 is 2.33 bits per heavy atom. The van der Waals surface area contributed by atoms with E-state index in [1.807, 2.05) is 24.5 Å². The van der Waals surface area contributed by atoms with Crippen LogP contribution in [0.25, 0.3) is 5.69 Å². The molecule has 0 aliphatic carbocycles. The van der Waals surface area contributed by atoms with Gasteiger partial charge in [0, 0.05) is 29.2 Å². The van der Waals surface area contributed by atoms with E-state index in [0.29, 0.717) is 0 Å². The zero-order chi connectivity index (χ0) is 13.3. The minimum atomic E-state index is -0.418. The van der Waals surface area contributed by atoms with Crippen molar-refractivity contribution in [1.29, 1.82) is 0 Å². The van der Waals surface area contributed by atoms with Crippen molar-refractivity contribution in [2.24, 2.45) is 0 Å². The summed E-state index contributed by atoms with van der Waals surface area (Å²) in [5, 5.41) is 19.8. The SMILES string of the molecule is Cc1cc(CO)c(C)n1-c1ccc([N+](=O)[O-])cc1. The maximum Gasteiger partial charge on any atom is 0.269 e. The molecule has 0 bridgehead atoms. The largest absolute Gasteiger partial charge is 0.392 e. The highest BCUT2D eigenvalue weighted by Crippen LogP contribution is 2.22. The van der Waals surface area contributed by atoms with E-state index in [2.05, 4.69) is 0 Å². The number of aliphatic hydroxyl groups excluding tert-OH is 1. The maximum atomic E-state index is 10.6. The van der Waals surface area contributed by atoms with Crippen molar-refractivity contribution in [3.8, 4) is 5.69 Å². The second kappa shape index (κ2) is 4.62. The Labute approximate surface area is 104 Å². The van der Waals surface area contributed by atoms with Crippen LogP contribution in [-0.2, 0) is 6.61 Å². The van der Waals surface area contributed by atoms with Gasteiger partial charge in [-0.25, -0.2) is 0 Å². The number of hydrogen-bond acceptors (Lipinski definition) is 3. The van der Waals surface area contributed by atoms with Gasteiger partial charge in [0.15, 0.2) is 0 Å². The lowest BCUT2D eigenvalue weighted by Gasteiger charge is -2.09. The van der Waals surface area contributed by atoms with Crippen molar-refractivity contribution in [2.75, 3.05) is 0 Å². The molecule has 2 aromatic rings. The molecule has 0 unspecified atom stereocenters.